The van der Waals surface area contributed by atoms with E-state index < -0.39 is 6.10 Å². The van der Waals surface area contributed by atoms with Crippen LogP contribution in [-0.2, 0) is 6.42 Å². The second-order valence-electron chi connectivity index (χ2n) is 4.91. The summed E-state index contributed by atoms with van der Waals surface area (Å²) in [5, 5.41) is 0.844. The summed E-state index contributed by atoms with van der Waals surface area (Å²) in [6.07, 6.45) is 5.34. The molecule has 98 valence electrons. The molecule has 1 aliphatic rings. The number of para-hydroxylation sites is 1. The Hall–Kier alpha value is -2.62. The minimum atomic E-state index is -0.438. The third-order valence-electron chi connectivity index (χ3n) is 3.69. The molecule has 3 heterocycles. The Kier molecular flexibility index (Phi) is 2.36. The second-order valence-corrected chi connectivity index (χ2v) is 4.91. The Labute approximate surface area is 115 Å². The van der Waals surface area contributed by atoms with Crippen molar-refractivity contribution in [3.63, 3.8) is 0 Å². The number of benzene rings is 1. The topological polar surface area (TPSA) is 55.0 Å². The largest absolute Gasteiger partial charge is 0.482 e. The van der Waals surface area contributed by atoms with Crippen molar-refractivity contribution in [3.8, 4) is 5.75 Å². The standard InChI is InChI=1S/C16H12N2O2/c19-16(12-9-18-13-5-6-17-8-11(12)13)15-7-10-3-1-2-4-14(10)20-15/h1-6,8-9,15,18H,7H2. The number of pyridine rings is 1. The molecule has 1 aliphatic heterocycles. The van der Waals surface area contributed by atoms with Crippen LogP contribution < -0.4 is 4.74 Å². The molecule has 20 heavy (non-hydrogen) atoms. The molecule has 0 saturated carbocycles. The number of ketones is 1. The number of carbonyl (C=O) groups is 1. The number of aromatic amines is 1. The van der Waals surface area contributed by atoms with Gasteiger partial charge >= 0.3 is 0 Å². The van der Waals surface area contributed by atoms with Gasteiger partial charge in [0.1, 0.15) is 5.75 Å². The lowest BCUT2D eigenvalue weighted by atomic mass is 10.0. The fraction of sp³-hybridized carbons (Fsp3) is 0.125. The first-order valence-electron chi connectivity index (χ1n) is 6.53. The number of H-pyrrole nitrogens is 1. The lowest BCUT2D eigenvalue weighted by Crippen LogP contribution is -2.25. The van der Waals surface area contributed by atoms with E-state index in [1.807, 2.05) is 30.3 Å². The van der Waals surface area contributed by atoms with E-state index in [0.29, 0.717) is 12.0 Å². The van der Waals surface area contributed by atoms with Crippen LogP contribution >= 0.6 is 0 Å². The highest BCUT2D eigenvalue weighted by Crippen LogP contribution is 2.30. The van der Waals surface area contributed by atoms with Gasteiger partial charge < -0.3 is 9.72 Å². The SMILES string of the molecule is O=C(c1c[nH]c2ccncc12)C1Cc2ccccc2O1. The van der Waals surface area contributed by atoms with Crippen molar-refractivity contribution < 1.29 is 9.53 Å². The van der Waals surface area contributed by atoms with Crippen molar-refractivity contribution in [2.75, 3.05) is 0 Å². The average molecular weight is 264 g/mol. The molecule has 4 rings (SSSR count). The second kappa shape index (κ2) is 4.20. The lowest BCUT2D eigenvalue weighted by molar-refractivity contribution is 0.0826. The number of carbonyl (C=O) groups excluding carboxylic acids is 1. The first-order valence-corrected chi connectivity index (χ1v) is 6.53. The van der Waals surface area contributed by atoms with Crippen LogP contribution in [0.15, 0.2) is 48.9 Å². The van der Waals surface area contributed by atoms with E-state index >= 15 is 0 Å². The number of fused-ring (bicyclic) bond motifs is 2. The highest BCUT2D eigenvalue weighted by Gasteiger charge is 2.30. The number of ether oxygens (including phenoxy) is 1. The molecular formula is C16H12N2O2. The van der Waals surface area contributed by atoms with Gasteiger partial charge in [0.05, 0.1) is 0 Å². The zero-order valence-electron chi connectivity index (χ0n) is 10.7. The Balaban J connectivity index is 1.69. The first kappa shape index (κ1) is 11.2. The molecule has 0 spiro atoms. The molecule has 0 aliphatic carbocycles. The van der Waals surface area contributed by atoms with E-state index in [4.69, 9.17) is 4.74 Å². The molecule has 1 aromatic carbocycles. The van der Waals surface area contributed by atoms with Gasteiger partial charge in [-0.3, -0.25) is 9.78 Å². The molecule has 0 radical (unpaired) electrons. The summed E-state index contributed by atoms with van der Waals surface area (Å²) in [7, 11) is 0. The van der Waals surface area contributed by atoms with Gasteiger partial charge in [0.2, 0.25) is 5.78 Å². The van der Waals surface area contributed by atoms with Gasteiger partial charge in [-0.25, -0.2) is 0 Å². The summed E-state index contributed by atoms with van der Waals surface area (Å²) in [4.78, 5) is 19.8. The van der Waals surface area contributed by atoms with Gasteiger partial charge in [0, 0.05) is 41.5 Å². The van der Waals surface area contributed by atoms with Gasteiger partial charge in [-0.1, -0.05) is 18.2 Å². The van der Waals surface area contributed by atoms with Crippen LogP contribution in [0, 0.1) is 0 Å². The van der Waals surface area contributed by atoms with Crippen molar-refractivity contribution >= 4 is 16.7 Å². The molecule has 1 N–H and O–H groups in total. The predicted octanol–water partition coefficient (Wildman–Crippen LogP) is 2.75. The summed E-state index contributed by atoms with van der Waals surface area (Å²) in [5.74, 6) is 0.810. The molecule has 0 amide bonds. The zero-order chi connectivity index (χ0) is 13.5. The third kappa shape index (κ3) is 1.61. The highest BCUT2D eigenvalue weighted by molar-refractivity contribution is 6.10. The molecule has 2 aromatic heterocycles. The highest BCUT2D eigenvalue weighted by atomic mass is 16.5. The van der Waals surface area contributed by atoms with E-state index in [1.54, 1.807) is 18.6 Å². The predicted molar refractivity (Wildman–Crippen MR) is 75.0 cm³/mol. The monoisotopic (exact) mass is 264 g/mol. The van der Waals surface area contributed by atoms with E-state index in [0.717, 1.165) is 22.2 Å². The average Bonchev–Trinajstić information content (AvgIpc) is 3.10. The van der Waals surface area contributed by atoms with Gasteiger partial charge in [0.15, 0.2) is 6.10 Å². The third-order valence-corrected chi connectivity index (χ3v) is 3.69. The minimum absolute atomic E-state index is 0.000417. The normalized spacial score (nSPS) is 16.9. The Morgan fingerprint density at radius 2 is 2.20 bits per heavy atom. The van der Waals surface area contributed by atoms with Crippen LogP contribution in [0.3, 0.4) is 0 Å². The van der Waals surface area contributed by atoms with Gasteiger partial charge in [0.25, 0.3) is 0 Å². The number of nitrogens with one attached hydrogen (secondary N) is 1. The fourth-order valence-corrected chi connectivity index (χ4v) is 2.67. The molecule has 3 aromatic rings. The quantitative estimate of drug-likeness (QED) is 0.724. The Morgan fingerprint density at radius 1 is 1.30 bits per heavy atom. The van der Waals surface area contributed by atoms with Crippen molar-refractivity contribution in [2.24, 2.45) is 0 Å². The number of nitrogens with zero attached hydrogens (tertiary/aromatic N) is 1. The summed E-state index contributed by atoms with van der Waals surface area (Å²) >= 11 is 0. The molecule has 4 heteroatoms. The number of rotatable bonds is 2. The van der Waals surface area contributed by atoms with Crippen LogP contribution in [0.4, 0.5) is 0 Å². The molecule has 4 nitrogen and oxygen atoms in total. The molecule has 0 bridgehead atoms. The lowest BCUT2D eigenvalue weighted by Gasteiger charge is -2.08. The van der Waals surface area contributed by atoms with Crippen molar-refractivity contribution in [1.82, 2.24) is 9.97 Å². The van der Waals surface area contributed by atoms with Crippen molar-refractivity contribution in [3.05, 3.63) is 60.0 Å². The zero-order valence-corrected chi connectivity index (χ0v) is 10.7. The van der Waals surface area contributed by atoms with Crippen LogP contribution in [0.1, 0.15) is 15.9 Å². The summed E-state index contributed by atoms with van der Waals surface area (Å²) in [6.45, 7) is 0. The molecule has 1 unspecified atom stereocenters. The summed E-state index contributed by atoms with van der Waals surface area (Å²) < 4.78 is 5.76. The minimum Gasteiger partial charge on any atom is -0.482 e. The van der Waals surface area contributed by atoms with Crippen molar-refractivity contribution in [2.45, 2.75) is 12.5 Å². The van der Waals surface area contributed by atoms with E-state index in [9.17, 15) is 4.79 Å². The van der Waals surface area contributed by atoms with E-state index in [2.05, 4.69) is 9.97 Å². The van der Waals surface area contributed by atoms with Gasteiger partial charge in [-0.15, -0.1) is 0 Å². The maximum atomic E-state index is 12.6. The maximum Gasteiger partial charge on any atom is 0.205 e. The summed E-state index contributed by atoms with van der Waals surface area (Å²) in [6, 6.07) is 9.64. The van der Waals surface area contributed by atoms with Crippen LogP contribution in [0.5, 0.6) is 5.75 Å². The van der Waals surface area contributed by atoms with Crippen LogP contribution in [0.25, 0.3) is 10.9 Å². The van der Waals surface area contributed by atoms with Crippen LogP contribution in [0.2, 0.25) is 0 Å². The number of aromatic nitrogens is 2. The molecule has 0 fully saturated rings. The molecular weight excluding hydrogens is 252 g/mol. The molecule has 0 saturated heterocycles. The Bertz CT molecular complexity index is 782. The first-order chi connectivity index (χ1) is 9.83. The maximum absolute atomic E-state index is 12.6. The number of hydrogen-bond acceptors (Lipinski definition) is 3. The molecule has 1 atom stereocenters. The Morgan fingerprint density at radius 3 is 3.10 bits per heavy atom. The fourth-order valence-electron chi connectivity index (χ4n) is 2.67. The number of Topliss-reactive ketones (excluding diaryl/α,β-unsaturated/α-hetero) is 1. The summed E-state index contributed by atoms with van der Waals surface area (Å²) in [5.41, 5.74) is 2.65. The van der Waals surface area contributed by atoms with Crippen molar-refractivity contribution in [1.29, 1.82) is 0 Å². The number of hydrogen-bond donors (Lipinski definition) is 1. The van der Waals surface area contributed by atoms with Gasteiger partial charge in [-0.05, 0) is 17.7 Å². The van der Waals surface area contributed by atoms with Crippen LogP contribution in [-0.4, -0.2) is 21.9 Å². The van der Waals surface area contributed by atoms with E-state index in [-0.39, 0.29) is 5.78 Å². The smallest absolute Gasteiger partial charge is 0.205 e. The van der Waals surface area contributed by atoms with Gasteiger partial charge in [-0.2, -0.15) is 0 Å². The van der Waals surface area contributed by atoms with E-state index in [1.165, 1.54) is 0 Å².